The number of rotatable bonds is 3. The molecule has 0 spiro atoms. The number of hydrogen-bond donors (Lipinski definition) is 0. The monoisotopic (exact) mass is 347 g/mol. The summed E-state index contributed by atoms with van der Waals surface area (Å²) in [5.74, 6) is 1.07. The fourth-order valence-corrected chi connectivity index (χ4v) is 4.09. The summed E-state index contributed by atoms with van der Waals surface area (Å²) < 4.78 is 2.14. The second-order valence-corrected chi connectivity index (χ2v) is 7.09. The van der Waals surface area contributed by atoms with Crippen LogP contribution in [0.4, 0.5) is 0 Å². The Balaban J connectivity index is 1.72. The molecule has 0 saturated carbocycles. The zero-order valence-corrected chi connectivity index (χ0v) is 15.5. The van der Waals surface area contributed by atoms with E-state index < -0.39 is 0 Å². The molecular formula is C22H25N3O. The average molecular weight is 347 g/mol. The molecule has 1 aliphatic heterocycles. The summed E-state index contributed by atoms with van der Waals surface area (Å²) in [5.41, 5.74) is 3.75. The summed E-state index contributed by atoms with van der Waals surface area (Å²) >= 11 is 0. The lowest BCUT2D eigenvalue weighted by atomic mass is 9.99. The summed E-state index contributed by atoms with van der Waals surface area (Å²) in [4.78, 5) is 19.8. The Morgan fingerprint density at radius 2 is 1.96 bits per heavy atom. The van der Waals surface area contributed by atoms with Crippen LogP contribution in [-0.4, -0.2) is 32.9 Å². The van der Waals surface area contributed by atoms with Crippen molar-refractivity contribution in [2.75, 3.05) is 6.54 Å². The van der Waals surface area contributed by atoms with Gasteiger partial charge in [-0.25, -0.2) is 4.98 Å². The Morgan fingerprint density at radius 1 is 1.15 bits per heavy atom. The molecule has 2 aromatic carbocycles. The van der Waals surface area contributed by atoms with E-state index in [1.54, 1.807) is 0 Å². The van der Waals surface area contributed by atoms with Crippen molar-refractivity contribution < 1.29 is 4.79 Å². The van der Waals surface area contributed by atoms with Crippen LogP contribution in [0, 0.1) is 6.92 Å². The van der Waals surface area contributed by atoms with Crippen molar-refractivity contribution in [1.29, 1.82) is 0 Å². The summed E-state index contributed by atoms with van der Waals surface area (Å²) in [6, 6.07) is 16.5. The predicted molar refractivity (Wildman–Crippen MR) is 105 cm³/mol. The molecular weight excluding hydrogens is 322 g/mol. The van der Waals surface area contributed by atoms with E-state index >= 15 is 0 Å². The Labute approximate surface area is 154 Å². The molecule has 0 aliphatic carbocycles. The van der Waals surface area contributed by atoms with Crippen molar-refractivity contribution in [3.8, 4) is 5.69 Å². The number of hydrogen-bond acceptors (Lipinski definition) is 2. The first-order chi connectivity index (χ1) is 12.7. The first-order valence-electron chi connectivity index (χ1n) is 9.54. The van der Waals surface area contributed by atoms with Gasteiger partial charge in [0.15, 0.2) is 0 Å². The molecule has 1 saturated heterocycles. The van der Waals surface area contributed by atoms with Crippen molar-refractivity contribution in [2.45, 2.75) is 45.6 Å². The minimum Gasteiger partial charge on any atom is -0.336 e. The molecule has 2 heterocycles. The van der Waals surface area contributed by atoms with Gasteiger partial charge in [0.25, 0.3) is 5.91 Å². The van der Waals surface area contributed by atoms with Gasteiger partial charge < -0.3 is 4.90 Å². The first-order valence-corrected chi connectivity index (χ1v) is 9.54. The normalized spacial score (nSPS) is 17.6. The second kappa shape index (κ2) is 6.94. The van der Waals surface area contributed by atoms with Crippen LogP contribution in [0.15, 0.2) is 48.5 Å². The maximum atomic E-state index is 13.1. The number of amides is 1. The molecule has 0 radical (unpaired) electrons. The van der Waals surface area contributed by atoms with E-state index in [0.717, 1.165) is 53.9 Å². The van der Waals surface area contributed by atoms with E-state index in [4.69, 9.17) is 4.98 Å². The van der Waals surface area contributed by atoms with Gasteiger partial charge in [0.05, 0.1) is 11.0 Å². The minimum atomic E-state index is 0.144. The highest BCUT2D eigenvalue weighted by molar-refractivity contribution is 5.98. The number of likely N-dealkylation sites (tertiary alicyclic amines) is 1. The number of benzene rings is 2. The van der Waals surface area contributed by atoms with Crippen molar-refractivity contribution in [2.24, 2.45) is 0 Å². The van der Waals surface area contributed by atoms with Gasteiger partial charge in [-0.05, 0) is 62.9 Å². The van der Waals surface area contributed by atoms with Crippen molar-refractivity contribution in [3.63, 3.8) is 0 Å². The molecule has 1 aromatic heterocycles. The number of imidazole rings is 1. The lowest BCUT2D eigenvalue weighted by Gasteiger charge is -2.35. The third-order valence-corrected chi connectivity index (χ3v) is 5.44. The lowest BCUT2D eigenvalue weighted by molar-refractivity contribution is 0.0608. The Hall–Kier alpha value is -2.62. The lowest BCUT2D eigenvalue weighted by Crippen LogP contribution is -2.43. The smallest absolute Gasteiger partial charge is 0.254 e. The standard InChI is InChI=1S/C22H25N3O/c1-3-18-9-7-8-14-24(18)22(26)17-12-13-21-20(15-17)23-16(2)25(21)19-10-5-4-6-11-19/h4-6,10-13,15,18H,3,7-9,14H2,1-2H3. The molecule has 26 heavy (non-hydrogen) atoms. The van der Waals surface area contributed by atoms with Crippen LogP contribution in [0.2, 0.25) is 0 Å². The number of carbonyl (C=O) groups excluding carboxylic acids is 1. The van der Waals surface area contributed by atoms with Gasteiger partial charge in [-0.2, -0.15) is 0 Å². The highest BCUT2D eigenvalue weighted by Crippen LogP contribution is 2.25. The predicted octanol–water partition coefficient (Wildman–Crippen LogP) is 4.74. The first kappa shape index (κ1) is 16.8. The van der Waals surface area contributed by atoms with Crippen molar-refractivity contribution in [1.82, 2.24) is 14.5 Å². The molecule has 4 nitrogen and oxygen atoms in total. The second-order valence-electron chi connectivity index (χ2n) is 7.09. The summed E-state index contributed by atoms with van der Waals surface area (Å²) in [6.07, 6.45) is 4.47. The number of aryl methyl sites for hydroxylation is 1. The van der Waals surface area contributed by atoms with Crippen LogP contribution in [0.3, 0.4) is 0 Å². The van der Waals surface area contributed by atoms with E-state index in [9.17, 15) is 4.79 Å². The van der Waals surface area contributed by atoms with Gasteiger partial charge >= 0.3 is 0 Å². The minimum absolute atomic E-state index is 0.144. The zero-order valence-electron chi connectivity index (χ0n) is 15.5. The van der Waals surface area contributed by atoms with Crippen molar-refractivity contribution in [3.05, 3.63) is 59.9 Å². The SMILES string of the molecule is CCC1CCCCN1C(=O)c1ccc2c(c1)nc(C)n2-c1ccccc1. The number of piperidine rings is 1. The number of para-hydroxylation sites is 1. The largest absolute Gasteiger partial charge is 0.336 e. The topological polar surface area (TPSA) is 38.1 Å². The van der Waals surface area contributed by atoms with Crippen LogP contribution in [0.25, 0.3) is 16.7 Å². The number of aromatic nitrogens is 2. The average Bonchev–Trinajstić information content (AvgIpc) is 3.02. The maximum Gasteiger partial charge on any atom is 0.254 e. The highest BCUT2D eigenvalue weighted by Gasteiger charge is 2.26. The van der Waals surface area contributed by atoms with Crippen LogP contribution in [0.1, 0.15) is 48.8 Å². The molecule has 0 bridgehead atoms. The summed E-state index contributed by atoms with van der Waals surface area (Å²) in [6.45, 7) is 5.05. The third kappa shape index (κ3) is 2.90. The summed E-state index contributed by atoms with van der Waals surface area (Å²) in [5, 5.41) is 0. The molecule has 1 aliphatic rings. The van der Waals surface area contributed by atoms with Gasteiger partial charge in [0.2, 0.25) is 0 Å². The van der Waals surface area contributed by atoms with Crippen LogP contribution >= 0.6 is 0 Å². The van der Waals surface area contributed by atoms with Crippen LogP contribution in [0.5, 0.6) is 0 Å². The number of fused-ring (bicyclic) bond motifs is 1. The molecule has 3 aromatic rings. The van der Waals surface area contributed by atoms with Crippen LogP contribution in [-0.2, 0) is 0 Å². The number of carbonyl (C=O) groups is 1. The fraction of sp³-hybridized carbons (Fsp3) is 0.364. The zero-order chi connectivity index (χ0) is 18.1. The van der Waals surface area contributed by atoms with Gasteiger partial charge in [0, 0.05) is 23.8 Å². The van der Waals surface area contributed by atoms with E-state index in [2.05, 4.69) is 28.5 Å². The number of nitrogens with zero attached hydrogens (tertiary/aromatic N) is 3. The van der Waals surface area contributed by atoms with Crippen molar-refractivity contribution >= 4 is 16.9 Å². The van der Waals surface area contributed by atoms with Gasteiger partial charge in [-0.15, -0.1) is 0 Å². The van der Waals surface area contributed by atoms with E-state index in [1.165, 1.54) is 6.42 Å². The van der Waals surface area contributed by atoms with E-state index in [1.807, 2.05) is 43.3 Å². The molecule has 134 valence electrons. The Kier molecular flexibility index (Phi) is 4.49. The van der Waals surface area contributed by atoms with E-state index in [-0.39, 0.29) is 5.91 Å². The van der Waals surface area contributed by atoms with Gasteiger partial charge in [0.1, 0.15) is 5.82 Å². The molecule has 1 unspecified atom stereocenters. The molecule has 1 fully saturated rings. The molecule has 4 heteroatoms. The van der Waals surface area contributed by atoms with E-state index in [0.29, 0.717) is 6.04 Å². The highest BCUT2D eigenvalue weighted by atomic mass is 16.2. The Bertz CT molecular complexity index is 929. The fourth-order valence-electron chi connectivity index (χ4n) is 4.09. The van der Waals surface area contributed by atoms with Gasteiger partial charge in [-0.3, -0.25) is 9.36 Å². The molecule has 4 rings (SSSR count). The molecule has 1 amide bonds. The maximum absolute atomic E-state index is 13.1. The molecule has 1 atom stereocenters. The van der Waals surface area contributed by atoms with Gasteiger partial charge in [-0.1, -0.05) is 25.1 Å². The van der Waals surface area contributed by atoms with Crippen LogP contribution < -0.4 is 0 Å². The summed E-state index contributed by atoms with van der Waals surface area (Å²) in [7, 11) is 0. The Morgan fingerprint density at radius 3 is 2.73 bits per heavy atom. The quantitative estimate of drug-likeness (QED) is 0.686. The third-order valence-electron chi connectivity index (χ3n) is 5.44. The molecule has 0 N–H and O–H groups in total.